The van der Waals surface area contributed by atoms with Gasteiger partial charge in [0.1, 0.15) is 17.0 Å². The van der Waals surface area contributed by atoms with E-state index >= 15 is 0 Å². The van der Waals surface area contributed by atoms with Crippen molar-refractivity contribution in [3.8, 4) is 0 Å². The molecule has 0 saturated carbocycles. The van der Waals surface area contributed by atoms with Crippen LogP contribution in [0.3, 0.4) is 0 Å². The minimum Gasteiger partial charge on any atom is -0.467 e. The number of hydrogen-bond donors (Lipinski definition) is 1. The van der Waals surface area contributed by atoms with Crippen LogP contribution in [0.15, 0.2) is 4.52 Å². The summed E-state index contributed by atoms with van der Waals surface area (Å²) in [4.78, 5) is 48.2. The van der Waals surface area contributed by atoms with E-state index in [1.54, 1.807) is 6.92 Å². The summed E-state index contributed by atoms with van der Waals surface area (Å²) in [5.41, 5.74) is -2.32. The number of esters is 3. The highest BCUT2D eigenvalue weighted by Crippen LogP contribution is 2.23. The SMILES string of the molecule is CCOC(=O)c1c(CC(NC(C)=O)(C(=O)OC)C(=O)OC)noc1C. The molecule has 1 amide bonds. The first-order valence-electron chi connectivity index (χ1n) is 7.31. The smallest absolute Gasteiger partial charge is 0.343 e. The predicted octanol–water partition coefficient (Wildman–Crippen LogP) is -0.0769. The number of rotatable bonds is 7. The number of methoxy groups -OCH3 is 2. The molecule has 0 aromatic carbocycles. The van der Waals surface area contributed by atoms with E-state index in [1.807, 2.05) is 0 Å². The number of aromatic nitrogens is 1. The van der Waals surface area contributed by atoms with Gasteiger partial charge in [-0.2, -0.15) is 0 Å². The predicted molar refractivity (Wildman–Crippen MR) is 81.5 cm³/mol. The van der Waals surface area contributed by atoms with Gasteiger partial charge in [0.2, 0.25) is 11.4 Å². The second-order valence-electron chi connectivity index (χ2n) is 5.03. The maximum absolute atomic E-state index is 12.3. The molecule has 1 N–H and O–H groups in total. The fourth-order valence-electron chi connectivity index (χ4n) is 2.28. The van der Waals surface area contributed by atoms with Gasteiger partial charge in [0.15, 0.2) is 0 Å². The van der Waals surface area contributed by atoms with Crippen molar-refractivity contribution in [1.29, 1.82) is 0 Å². The molecule has 0 spiro atoms. The topological polar surface area (TPSA) is 134 Å². The Morgan fingerprint density at radius 3 is 2.16 bits per heavy atom. The molecule has 10 heteroatoms. The molecule has 0 unspecified atom stereocenters. The lowest BCUT2D eigenvalue weighted by molar-refractivity contribution is -0.165. The average Bonchev–Trinajstić information content (AvgIpc) is 2.92. The van der Waals surface area contributed by atoms with Gasteiger partial charge in [0.25, 0.3) is 0 Å². The van der Waals surface area contributed by atoms with Crippen molar-refractivity contribution in [1.82, 2.24) is 10.5 Å². The molecule has 0 fully saturated rings. The highest BCUT2D eigenvalue weighted by atomic mass is 16.6. The number of carbonyl (C=O) groups is 4. The minimum atomic E-state index is -2.22. The van der Waals surface area contributed by atoms with Crippen LogP contribution in [0, 0.1) is 6.92 Å². The van der Waals surface area contributed by atoms with Crippen LogP contribution in [-0.2, 0) is 35.0 Å². The molecule has 25 heavy (non-hydrogen) atoms. The van der Waals surface area contributed by atoms with Gasteiger partial charge in [-0.3, -0.25) is 4.79 Å². The minimum absolute atomic E-state index is 0.0376. The van der Waals surface area contributed by atoms with Crippen LogP contribution in [0.4, 0.5) is 0 Å². The fourth-order valence-corrected chi connectivity index (χ4v) is 2.28. The lowest BCUT2D eigenvalue weighted by Gasteiger charge is -2.28. The van der Waals surface area contributed by atoms with Gasteiger partial charge >= 0.3 is 17.9 Å². The first-order valence-corrected chi connectivity index (χ1v) is 7.31. The van der Waals surface area contributed by atoms with Gasteiger partial charge in [-0.1, -0.05) is 5.16 Å². The maximum Gasteiger partial charge on any atom is 0.343 e. The maximum atomic E-state index is 12.3. The van der Waals surface area contributed by atoms with Crippen LogP contribution in [0.2, 0.25) is 0 Å². The zero-order valence-corrected chi connectivity index (χ0v) is 14.6. The Balaban J connectivity index is 3.44. The molecule has 10 nitrogen and oxygen atoms in total. The molecule has 0 bridgehead atoms. The molecule has 0 aliphatic carbocycles. The van der Waals surface area contributed by atoms with E-state index in [-0.39, 0.29) is 23.6 Å². The average molecular weight is 356 g/mol. The van der Waals surface area contributed by atoms with Crippen molar-refractivity contribution in [3.63, 3.8) is 0 Å². The number of amides is 1. The number of nitrogens with one attached hydrogen (secondary N) is 1. The van der Waals surface area contributed by atoms with Crippen molar-refractivity contribution < 1.29 is 37.9 Å². The molecule has 0 aliphatic rings. The second kappa shape index (κ2) is 8.27. The molecule has 1 aromatic rings. The first-order chi connectivity index (χ1) is 11.7. The lowest BCUT2D eigenvalue weighted by Crippen LogP contribution is -2.62. The van der Waals surface area contributed by atoms with Gasteiger partial charge in [0.05, 0.1) is 20.8 Å². The van der Waals surface area contributed by atoms with E-state index < -0.39 is 35.8 Å². The van der Waals surface area contributed by atoms with Crippen molar-refractivity contribution in [2.45, 2.75) is 32.7 Å². The molecule has 1 heterocycles. The van der Waals surface area contributed by atoms with E-state index in [0.717, 1.165) is 21.1 Å². The molecule has 0 atom stereocenters. The van der Waals surface area contributed by atoms with Crippen LogP contribution < -0.4 is 5.32 Å². The Bertz CT molecular complexity index is 663. The third-order valence-corrected chi connectivity index (χ3v) is 3.30. The summed E-state index contributed by atoms with van der Waals surface area (Å²) in [7, 11) is 2.09. The molecule has 0 saturated heterocycles. The Kier molecular flexibility index (Phi) is 6.66. The summed E-state index contributed by atoms with van der Waals surface area (Å²) in [6.45, 7) is 4.30. The molecule has 1 rings (SSSR count). The summed E-state index contributed by atoms with van der Waals surface area (Å²) in [6, 6.07) is 0. The first kappa shape index (κ1) is 20.1. The van der Waals surface area contributed by atoms with Gasteiger partial charge in [-0.25, -0.2) is 14.4 Å². The molecular weight excluding hydrogens is 336 g/mol. The largest absolute Gasteiger partial charge is 0.467 e. The summed E-state index contributed by atoms with van der Waals surface area (Å²) in [6.07, 6.45) is -0.516. The molecule has 138 valence electrons. The van der Waals surface area contributed by atoms with Crippen LogP contribution in [0.5, 0.6) is 0 Å². The van der Waals surface area contributed by atoms with Gasteiger partial charge < -0.3 is 24.1 Å². The quantitative estimate of drug-likeness (QED) is 0.404. The summed E-state index contributed by atoms with van der Waals surface area (Å²) < 4.78 is 19.2. The fraction of sp³-hybridized carbons (Fsp3) is 0.533. The van der Waals surface area contributed by atoms with E-state index in [0.29, 0.717) is 0 Å². The summed E-state index contributed by atoms with van der Waals surface area (Å²) in [5, 5.41) is 5.93. The number of nitrogens with zero attached hydrogens (tertiary/aromatic N) is 1. The summed E-state index contributed by atoms with van der Waals surface area (Å²) in [5.74, 6) is -3.44. The van der Waals surface area contributed by atoms with Crippen LogP contribution in [0.25, 0.3) is 0 Å². The standard InChI is InChI=1S/C15H20N2O8/c1-6-24-12(19)11-8(2)25-17-10(11)7-15(13(20)22-4,14(21)23-5)16-9(3)18/h6-7H2,1-5H3,(H,16,18). The van der Waals surface area contributed by atoms with Crippen LogP contribution >= 0.6 is 0 Å². The monoisotopic (exact) mass is 356 g/mol. The molecule has 0 radical (unpaired) electrons. The normalized spacial score (nSPS) is 10.8. The zero-order valence-electron chi connectivity index (χ0n) is 14.6. The highest BCUT2D eigenvalue weighted by Gasteiger charge is 2.51. The number of hydrogen-bond acceptors (Lipinski definition) is 9. The molecule has 1 aromatic heterocycles. The summed E-state index contributed by atoms with van der Waals surface area (Å²) >= 11 is 0. The van der Waals surface area contributed by atoms with Gasteiger partial charge in [-0.05, 0) is 13.8 Å². The Morgan fingerprint density at radius 1 is 1.16 bits per heavy atom. The number of carbonyl (C=O) groups excluding carboxylic acids is 4. The Hall–Kier alpha value is -2.91. The van der Waals surface area contributed by atoms with E-state index in [2.05, 4.69) is 19.9 Å². The Morgan fingerprint density at radius 2 is 1.72 bits per heavy atom. The van der Waals surface area contributed by atoms with Crippen molar-refractivity contribution in [2.24, 2.45) is 0 Å². The third kappa shape index (κ3) is 4.14. The van der Waals surface area contributed by atoms with E-state index in [4.69, 9.17) is 9.26 Å². The van der Waals surface area contributed by atoms with Crippen LogP contribution in [-0.4, -0.2) is 55.3 Å². The van der Waals surface area contributed by atoms with Gasteiger partial charge in [-0.15, -0.1) is 0 Å². The number of aryl methyl sites for hydroxylation is 1. The van der Waals surface area contributed by atoms with Gasteiger partial charge in [0, 0.05) is 13.3 Å². The van der Waals surface area contributed by atoms with E-state index in [9.17, 15) is 19.2 Å². The highest BCUT2D eigenvalue weighted by molar-refractivity contribution is 6.08. The Labute approximate surface area is 143 Å². The number of ether oxygens (including phenoxy) is 3. The lowest BCUT2D eigenvalue weighted by atomic mass is 9.91. The van der Waals surface area contributed by atoms with Crippen molar-refractivity contribution in [3.05, 3.63) is 17.0 Å². The molecular formula is C15H20N2O8. The third-order valence-electron chi connectivity index (χ3n) is 3.30. The van der Waals surface area contributed by atoms with Crippen molar-refractivity contribution >= 4 is 23.8 Å². The second-order valence-corrected chi connectivity index (χ2v) is 5.03. The molecule has 0 aliphatic heterocycles. The van der Waals surface area contributed by atoms with Crippen LogP contribution in [0.1, 0.15) is 35.7 Å². The zero-order chi connectivity index (χ0) is 19.2. The van der Waals surface area contributed by atoms with Crippen molar-refractivity contribution in [2.75, 3.05) is 20.8 Å². The van der Waals surface area contributed by atoms with E-state index in [1.165, 1.54) is 6.92 Å².